The zero-order valence-corrected chi connectivity index (χ0v) is 20.7. The van der Waals surface area contributed by atoms with Crippen molar-refractivity contribution < 1.29 is 18.0 Å². The summed E-state index contributed by atoms with van der Waals surface area (Å²) in [5.74, 6) is -0.902. The minimum Gasteiger partial charge on any atom is -0.352 e. The number of sulfonamides is 1. The highest BCUT2D eigenvalue weighted by atomic mass is 35.5. The highest BCUT2D eigenvalue weighted by Gasteiger charge is 2.30. The zero-order chi connectivity index (χ0) is 24.1. The Morgan fingerprint density at radius 1 is 1.03 bits per heavy atom. The molecule has 0 radical (unpaired) electrons. The molecule has 0 bridgehead atoms. The van der Waals surface area contributed by atoms with Gasteiger partial charge in [-0.25, -0.2) is 8.42 Å². The molecule has 1 atom stereocenters. The molecule has 10 heteroatoms. The van der Waals surface area contributed by atoms with E-state index in [0.717, 1.165) is 10.6 Å². The van der Waals surface area contributed by atoms with E-state index in [9.17, 15) is 18.0 Å². The van der Waals surface area contributed by atoms with Gasteiger partial charge in [-0.15, -0.1) is 0 Å². The van der Waals surface area contributed by atoms with Crippen LogP contribution in [0, 0.1) is 0 Å². The Balaban J connectivity index is 2.40. The van der Waals surface area contributed by atoms with E-state index in [0.29, 0.717) is 10.6 Å². The third-order valence-corrected chi connectivity index (χ3v) is 6.32. The van der Waals surface area contributed by atoms with Crippen molar-refractivity contribution in [3.63, 3.8) is 0 Å². The van der Waals surface area contributed by atoms with Crippen LogP contribution in [0.4, 0.5) is 5.69 Å². The lowest BCUT2D eigenvalue weighted by molar-refractivity contribution is -0.139. The summed E-state index contributed by atoms with van der Waals surface area (Å²) in [4.78, 5) is 27.4. The Labute approximate surface area is 199 Å². The second kappa shape index (κ2) is 11.0. The number of rotatable bonds is 9. The highest BCUT2D eigenvalue weighted by molar-refractivity contribution is 7.92. The van der Waals surface area contributed by atoms with Crippen molar-refractivity contribution in [3.8, 4) is 0 Å². The van der Waals surface area contributed by atoms with E-state index in [1.807, 2.05) is 13.8 Å². The smallest absolute Gasteiger partial charge is 0.244 e. The van der Waals surface area contributed by atoms with Crippen LogP contribution in [0.15, 0.2) is 48.5 Å². The van der Waals surface area contributed by atoms with Gasteiger partial charge in [0.15, 0.2) is 0 Å². The van der Waals surface area contributed by atoms with Gasteiger partial charge in [-0.05, 0) is 50.6 Å². The normalized spacial score (nSPS) is 12.3. The number of anilines is 1. The summed E-state index contributed by atoms with van der Waals surface area (Å²) in [6.45, 7) is 4.79. The maximum atomic E-state index is 13.4. The number of carbonyl (C=O) groups is 2. The van der Waals surface area contributed by atoms with Crippen molar-refractivity contribution in [2.24, 2.45) is 0 Å². The summed E-state index contributed by atoms with van der Waals surface area (Å²) in [6.07, 6.45) is 1.000. The first-order valence-electron chi connectivity index (χ1n) is 9.96. The van der Waals surface area contributed by atoms with E-state index >= 15 is 0 Å². The second-order valence-electron chi connectivity index (χ2n) is 7.71. The molecule has 0 aliphatic rings. The fourth-order valence-electron chi connectivity index (χ4n) is 3.07. The molecule has 2 aromatic carbocycles. The van der Waals surface area contributed by atoms with Gasteiger partial charge < -0.3 is 10.2 Å². The van der Waals surface area contributed by atoms with Crippen LogP contribution in [0.1, 0.15) is 26.3 Å². The molecular formula is C22H27Cl2N3O4S. The molecule has 174 valence electrons. The van der Waals surface area contributed by atoms with Gasteiger partial charge in [-0.2, -0.15) is 0 Å². The van der Waals surface area contributed by atoms with Gasteiger partial charge in [0.2, 0.25) is 21.8 Å². The molecular weight excluding hydrogens is 473 g/mol. The van der Waals surface area contributed by atoms with Crippen LogP contribution in [0.3, 0.4) is 0 Å². The third-order valence-electron chi connectivity index (χ3n) is 4.64. The number of hydrogen-bond donors (Lipinski definition) is 1. The van der Waals surface area contributed by atoms with Crippen LogP contribution in [0.5, 0.6) is 0 Å². The topological polar surface area (TPSA) is 86.8 Å². The maximum Gasteiger partial charge on any atom is 0.244 e. The minimum atomic E-state index is -3.83. The monoisotopic (exact) mass is 499 g/mol. The van der Waals surface area contributed by atoms with Crippen molar-refractivity contribution in [2.45, 2.75) is 39.4 Å². The quantitative estimate of drug-likeness (QED) is 0.569. The molecule has 2 aromatic rings. The summed E-state index contributed by atoms with van der Waals surface area (Å²) in [5.41, 5.74) is 0.894. The Hall–Kier alpha value is -2.29. The van der Waals surface area contributed by atoms with Gasteiger partial charge in [0, 0.05) is 17.6 Å². The predicted molar refractivity (Wildman–Crippen MR) is 128 cm³/mol. The fourth-order valence-corrected chi connectivity index (χ4v) is 4.43. The van der Waals surface area contributed by atoms with E-state index in [4.69, 9.17) is 23.2 Å². The van der Waals surface area contributed by atoms with Gasteiger partial charge in [0.05, 0.1) is 17.0 Å². The van der Waals surface area contributed by atoms with Crippen molar-refractivity contribution >= 4 is 50.7 Å². The van der Waals surface area contributed by atoms with Crippen LogP contribution in [-0.2, 0) is 26.2 Å². The van der Waals surface area contributed by atoms with E-state index in [2.05, 4.69) is 5.32 Å². The van der Waals surface area contributed by atoms with Crippen LogP contribution in [0.2, 0.25) is 10.0 Å². The van der Waals surface area contributed by atoms with Gasteiger partial charge in [-0.1, -0.05) is 47.5 Å². The number of benzene rings is 2. The molecule has 0 spiro atoms. The Morgan fingerprint density at radius 2 is 1.69 bits per heavy atom. The second-order valence-corrected chi connectivity index (χ2v) is 10.5. The molecule has 2 amide bonds. The fraction of sp³-hybridized carbons (Fsp3) is 0.364. The van der Waals surface area contributed by atoms with E-state index in [1.54, 1.807) is 49.4 Å². The number of halogens is 2. The SMILES string of the molecule is CC(C)NC(=O)C(C)N(Cc1cccc(Cl)c1)C(=O)CN(c1ccccc1Cl)S(C)(=O)=O. The molecule has 32 heavy (non-hydrogen) atoms. The van der Waals surface area contributed by atoms with Gasteiger partial charge in [-0.3, -0.25) is 13.9 Å². The maximum absolute atomic E-state index is 13.4. The number of para-hydroxylation sites is 1. The number of nitrogens with zero attached hydrogens (tertiary/aromatic N) is 2. The summed E-state index contributed by atoms with van der Waals surface area (Å²) >= 11 is 12.3. The van der Waals surface area contributed by atoms with E-state index in [1.165, 1.54) is 11.0 Å². The molecule has 2 rings (SSSR count). The molecule has 7 nitrogen and oxygen atoms in total. The summed E-state index contributed by atoms with van der Waals surface area (Å²) in [5, 5.41) is 3.47. The molecule has 0 heterocycles. The molecule has 0 fully saturated rings. The van der Waals surface area contributed by atoms with Crippen LogP contribution < -0.4 is 9.62 Å². The van der Waals surface area contributed by atoms with Crippen molar-refractivity contribution in [1.29, 1.82) is 0 Å². The standard InChI is InChI=1S/C22H27Cl2N3O4S/c1-15(2)25-22(29)16(3)26(13-17-8-7-9-18(23)12-17)21(28)14-27(32(4,30)31)20-11-6-5-10-19(20)24/h5-12,15-16H,13-14H2,1-4H3,(H,25,29). The van der Waals surface area contributed by atoms with Crippen molar-refractivity contribution in [1.82, 2.24) is 10.2 Å². The van der Waals surface area contributed by atoms with Crippen LogP contribution >= 0.6 is 23.2 Å². The molecule has 0 aliphatic heterocycles. The first-order valence-corrected chi connectivity index (χ1v) is 12.6. The largest absolute Gasteiger partial charge is 0.352 e. The first kappa shape index (κ1) is 26.0. The van der Waals surface area contributed by atoms with Crippen LogP contribution in [-0.4, -0.2) is 50.0 Å². The first-order chi connectivity index (χ1) is 14.9. The average molecular weight is 500 g/mol. The predicted octanol–water partition coefficient (Wildman–Crippen LogP) is 3.70. The molecule has 0 saturated heterocycles. The van der Waals surface area contributed by atoms with Crippen molar-refractivity contribution in [3.05, 3.63) is 64.1 Å². The van der Waals surface area contributed by atoms with Gasteiger partial charge in [0.1, 0.15) is 12.6 Å². The third kappa shape index (κ3) is 7.12. The lowest BCUT2D eigenvalue weighted by atomic mass is 10.1. The number of nitrogens with one attached hydrogen (secondary N) is 1. The number of amides is 2. The number of carbonyl (C=O) groups excluding carboxylic acids is 2. The molecule has 1 unspecified atom stereocenters. The molecule has 0 aromatic heterocycles. The van der Waals surface area contributed by atoms with E-state index in [-0.39, 0.29) is 29.2 Å². The molecule has 0 saturated carbocycles. The van der Waals surface area contributed by atoms with E-state index < -0.39 is 28.5 Å². The number of hydrogen-bond acceptors (Lipinski definition) is 4. The van der Waals surface area contributed by atoms with Crippen molar-refractivity contribution in [2.75, 3.05) is 17.1 Å². The highest BCUT2D eigenvalue weighted by Crippen LogP contribution is 2.27. The Kier molecular flexibility index (Phi) is 8.95. The molecule has 1 N–H and O–H groups in total. The summed E-state index contributed by atoms with van der Waals surface area (Å²) < 4.78 is 25.9. The van der Waals surface area contributed by atoms with Crippen LogP contribution in [0.25, 0.3) is 0 Å². The average Bonchev–Trinajstić information content (AvgIpc) is 2.69. The van der Waals surface area contributed by atoms with Gasteiger partial charge in [0.25, 0.3) is 0 Å². The summed E-state index contributed by atoms with van der Waals surface area (Å²) in [7, 11) is -3.83. The summed E-state index contributed by atoms with van der Waals surface area (Å²) in [6, 6.07) is 12.3. The van der Waals surface area contributed by atoms with Gasteiger partial charge >= 0.3 is 0 Å². The Bertz CT molecular complexity index is 1080. The molecule has 0 aliphatic carbocycles. The minimum absolute atomic E-state index is 0.0756. The Morgan fingerprint density at radius 3 is 2.25 bits per heavy atom. The lowest BCUT2D eigenvalue weighted by Gasteiger charge is -2.32. The lowest BCUT2D eigenvalue weighted by Crippen LogP contribution is -2.52. The zero-order valence-electron chi connectivity index (χ0n) is 18.4.